The van der Waals surface area contributed by atoms with E-state index in [1.807, 2.05) is 31.4 Å². The standard InChI is InChI=1S/C10H13N5/c1-15-6-4-10(14-15)8-11-7-9-3-2-5-12-13-9/h2-6,11H,7-8H2,1H3. The lowest BCUT2D eigenvalue weighted by molar-refractivity contribution is 0.642. The van der Waals surface area contributed by atoms with Gasteiger partial charge in [-0.25, -0.2) is 0 Å². The van der Waals surface area contributed by atoms with Gasteiger partial charge in [-0.05, 0) is 18.2 Å². The maximum absolute atomic E-state index is 4.26. The molecule has 0 unspecified atom stereocenters. The minimum absolute atomic E-state index is 0.713. The van der Waals surface area contributed by atoms with Crippen LogP contribution in [0.4, 0.5) is 0 Å². The van der Waals surface area contributed by atoms with E-state index < -0.39 is 0 Å². The van der Waals surface area contributed by atoms with Gasteiger partial charge in [-0.15, -0.1) is 0 Å². The molecule has 5 nitrogen and oxygen atoms in total. The maximum atomic E-state index is 4.26. The molecule has 0 amide bonds. The van der Waals surface area contributed by atoms with Crippen LogP contribution in [0.1, 0.15) is 11.4 Å². The van der Waals surface area contributed by atoms with Gasteiger partial charge < -0.3 is 5.32 Å². The summed E-state index contributed by atoms with van der Waals surface area (Å²) < 4.78 is 1.79. The van der Waals surface area contributed by atoms with Crippen LogP contribution in [-0.2, 0) is 20.1 Å². The molecule has 0 atom stereocenters. The molecular weight excluding hydrogens is 190 g/mol. The summed E-state index contributed by atoms with van der Waals surface area (Å²) in [6.07, 6.45) is 3.60. The van der Waals surface area contributed by atoms with Gasteiger partial charge in [-0.2, -0.15) is 15.3 Å². The molecule has 0 saturated carbocycles. The van der Waals surface area contributed by atoms with Crippen LogP contribution in [0.3, 0.4) is 0 Å². The molecule has 2 heterocycles. The van der Waals surface area contributed by atoms with E-state index in [9.17, 15) is 0 Å². The van der Waals surface area contributed by atoms with Crippen molar-refractivity contribution >= 4 is 0 Å². The largest absolute Gasteiger partial charge is 0.305 e. The summed E-state index contributed by atoms with van der Waals surface area (Å²) in [6.45, 7) is 1.46. The molecule has 78 valence electrons. The molecule has 5 heteroatoms. The molecular formula is C10H13N5. The highest BCUT2D eigenvalue weighted by atomic mass is 15.3. The highest BCUT2D eigenvalue weighted by Gasteiger charge is 1.97. The zero-order chi connectivity index (χ0) is 10.5. The molecule has 1 N–H and O–H groups in total. The number of hydrogen-bond donors (Lipinski definition) is 1. The van der Waals surface area contributed by atoms with Gasteiger partial charge in [0.15, 0.2) is 0 Å². The number of rotatable bonds is 4. The van der Waals surface area contributed by atoms with Crippen molar-refractivity contribution in [3.8, 4) is 0 Å². The Morgan fingerprint density at radius 3 is 2.80 bits per heavy atom. The molecule has 0 bridgehead atoms. The molecule has 2 rings (SSSR count). The van der Waals surface area contributed by atoms with Crippen LogP contribution in [-0.4, -0.2) is 20.0 Å². The third kappa shape index (κ3) is 2.85. The van der Waals surface area contributed by atoms with E-state index in [1.165, 1.54) is 0 Å². The van der Waals surface area contributed by atoms with E-state index in [0.717, 1.165) is 17.9 Å². The van der Waals surface area contributed by atoms with Gasteiger partial charge in [-0.3, -0.25) is 4.68 Å². The Kier molecular flexibility index (Phi) is 3.04. The summed E-state index contributed by atoms with van der Waals surface area (Å²) in [7, 11) is 1.91. The molecule has 0 aliphatic heterocycles. The Morgan fingerprint density at radius 2 is 2.13 bits per heavy atom. The molecule has 0 aliphatic carbocycles. The van der Waals surface area contributed by atoms with Gasteiger partial charge in [0.25, 0.3) is 0 Å². The minimum atomic E-state index is 0.713. The number of aromatic nitrogens is 4. The first-order valence-electron chi connectivity index (χ1n) is 4.80. The summed E-state index contributed by atoms with van der Waals surface area (Å²) in [4.78, 5) is 0. The van der Waals surface area contributed by atoms with E-state index in [1.54, 1.807) is 10.9 Å². The van der Waals surface area contributed by atoms with Gasteiger partial charge in [0.05, 0.1) is 11.4 Å². The Labute approximate surface area is 88.1 Å². The van der Waals surface area contributed by atoms with Crippen molar-refractivity contribution in [2.24, 2.45) is 7.05 Å². The predicted octanol–water partition coefficient (Wildman–Crippen LogP) is 0.500. The van der Waals surface area contributed by atoms with Gasteiger partial charge in [0.2, 0.25) is 0 Å². The van der Waals surface area contributed by atoms with Crippen molar-refractivity contribution in [1.82, 2.24) is 25.3 Å². The number of hydrogen-bond acceptors (Lipinski definition) is 4. The average molecular weight is 203 g/mol. The second kappa shape index (κ2) is 4.65. The normalized spacial score (nSPS) is 10.5. The topological polar surface area (TPSA) is 55.6 Å². The lowest BCUT2D eigenvalue weighted by Crippen LogP contribution is -2.14. The number of nitrogens with one attached hydrogen (secondary N) is 1. The van der Waals surface area contributed by atoms with Crippen molar-refractivity contribution in [2.45, 2.75) is 13.1 Å². The van der Waals surface area contributed by atoms with Crippen molar-refractivity contribution in [3.05, 3.63) is 42.0 Å². The molecule has 0 spiro atoms. The first-order valence-corrected chi connectivity index (χ1v) is 4.80. The molecule has 15 heavy (non-hydrogen) atoms. The number of aryl methyl sites for hydroxylation is 1. The third-order valence-corrected chi connectivity index (χ3v) is 2.01. The van der Waals surface area contributed by atoms with Crippen LogP contribution in [0.2, 0.25) is 0 Å². The first-order chi connectivity index (χ1) is 7.34. The zero-order valence-corrected chi connectivity index (χ0v) is 8.59. The lowest BCUT2D eigenvalue weighted by atomic mass is 10.3. The van der Waals surface area contributed by atoms with Crippen LogP contribution < -0.4 is 5.32 Å². The first kappa shape index (κ1) is 9.79. The third-order valence-electron chi connectivity index (χ3n) is 2.01. The van der Waals surface area contributed by atoms with Crippen LogP contribution in [0.15, 0.2) is 30.6 Å². The van der Waals surface area contributed by atoms with Crippen LogP contribution >= 0.6 is 0 Å². The second-order valence-electron chi connectivity index (χ2n) is 3.30. The molecule has 0 fully saturated rings. The smallest absolute Gasteiger partial charge is 0.0769 e. The van der Waals surface area contributed by atoms with Crippen LogP contribution in [0.25, 0.3) is 0 Å². The minimum Gasteiger partial charge on any atom is -0.305 e. The Morgan fingerprint density at radius 1 is 1.27 bits per heavy atom. The molecule has 0 aliphatic rings. The highest BCUT2D eigenvalue weighted by molar-refractivity contribution is 5.01. The highest BCUT2D eigenvalue weighted by Crippen LogP contribution is 1.95. The van der Waals surface area contributed by atoms with Crippen molar-refractivity contribution in [2.75, 3.05) is 0 Å². The zero-order valence-electron chi connectivity index (χ0n) is 8.59. The molecule has 0 saturated heterocycles. The van der Waals surface area contributed by atoms with Crippen LogP contribution in [0.5, 0.6) is 0 Å². The summed E-state index contributed by atoms with van der Waals surface area (Å²) >= 11 is 0. The van der Waals surface area contributed by atoms with E-state index in [2.05, 4.69) is 20.6 Å². The van der Waals surface area contributed by atoms with Gasteiger partial charge >= 0.3 is 0 Å². The Bertz CT molecular complexity index is 409. The quantitative estimate of drug-likeness (QED) is 0.786. The lowest BCUT2D eigenvalue weighted by Gasteiger charge is -2.00. The van der Waals surface area contributed by atoms with E-state index in [4.69, 9.17) is 0 Å². The summed E-state index contributed by atoms with van der Waals surface area (Å²) in [5.41, 5.74) is 1.97. The second-order valence-corrected chi connectivity index (χ2v) is 3.30. The van der Waals surface area contributed by atoms with E-state index in [-0.39, 0.29) is 0 Å². The fourth-order valence-electron chi connectivity index (χ4n) is 1.30. The molecule has 2 aromatic heterocycles. The van der Waals surface area contributed by atoms with Crippen molar-refractivity contribution in [1.29, 1.82) is 0 Å². The summed E-state index contributed by atoms with van der Waals surface area (Å²) in [6, 6.07) is 5.81. The SMILES string of the molecule is Cn1ccc(CNCc2cccnn2)n1. The average Bonchev–Trinajstić information content (AvgIpc) is 2.66. The summed E-state index contributed by atoms with van der Waals surface area (Å²) in [5.74, 6) is 0. The maximum Gasteiger partial charge on any atom is 0.0769 e. The van der Waals surface area contributed by atoms with Crippen LogP contribution in [0, 0.1) is 0 Å². The molecule has 0 radical (unpaired) electrons. The molecule has 0 aromatic carbocycles. The Balaban J connectivity index is 1.80. The summed E-state index contributed by atoms with van der Waals surface area (Å²) in [5, 5.41) is 15.3. The molecule has 2 aromatic rings. The van der Waals surface area contributed by atoms with E-state index >= 15 is 0 Å². The Hall–Kier alpha value is -1.75. The fraction of sp³-hybridized carbons (Fsp3) is 0.300. The predicted molar refractivity (Wildman–Crippen MR) is 55.8 cm³/mol. The van der Waals surface area contributed by atoms with Crippen molar-refractivity contribution in [3.63, 3.8) is 0 Å². The number of nitrogens with zero attached hydrogens (tertiary/aromatic N) is 4. The fourth-order valence-corrected chi connectivity index (χ4v) is 1.30. The van der Waals surface area contributed by atoms with Gasteiger partial charge in [-0.1, -0.05) is 0 Å². The van der Waals surface area contributed by atoms with Crippen molar-refractivity contribution < 1.29 is 0 Å². The van der Waals surface area contributed by atoms with E-state index in [0.29, 0.717) is 6.54 Å². The van der Waals surface area contributed by atoms with Gasteiger partial charge in [0, 0.05) is 32.5 Å². The van der Waals surface area contributed by atoms with Gasteiger partial charge in [0.1, 0.15) is 0 Å². The monoisotopic (exact) mass is 203 g/mol.